The molecule has 1 aliphatic rings. The Balaban J connectivity index is 2.14. The van der Waals surface area contributed by atoms with Crippen molar-refractivity contribution < 1.29 is 0 Å². The summed E-state index contributed by atoms with van der Waals surface area (Å²) in [6, 6.07) is 8.41. The highest BCUT2D eigenvalue weighted by Crippen LogP contribution is 2.26. The fourth-order valence-electron chi connectivity index (χ4n) is 2.39. The number of benzene rings is 1. The molecule has 1 aromatic carbocycles. The van der Waals surface area contributed by atoms with Gasteiger partial charge in [0.2, 0.25) is 0 Å². The number of para-hydroxylation sites is 1. The molecule has 0 radical (unpaired) electrons. The lowest BCUT2D eigenvalue weighted by molar-refractivity contribution is 0.751. The maximum Gasteiger partial charge on any atom is 0.140 e. The largest absolute Gasteiger partial charge is 0.354 e. The van der Waals surface area contributed by atoms with Crippen molar-refractivity contribution in [3.8, 4) is 0 Å². The van der Waals surface area contributed by atoms with Crippen molar-refractivity contribution in [1.82, 2.24) is 9.97 Å². The van der Waals surface area contributed by atoms with Crippen molar-refractivity contribution in [2.24, 2.45) is 5.73 Å². The number of hydrogen-bond donors (Lipinski definition) is 1. The Bertz CT molecular complexity index is 552. The van der Waals surface area contributed by atoms with Crippen molar-refractivity contribution >= 4 is 16.7 Å². The molecule has 2 heterocycles. The van der Waals surface area contributed by atoms with E-state index in [0.29, 0.717) is 0 Å². The maximum atomic E-state index is 5.96. The zero-order valence-electron chi connectivity index (χ0n) is 9.93. The Morgan fingerprint density at radius 2 is 2.12 bits per heavy atom. The van der Waals surface area contributed by atoms with Crippen LogP contribution in [-0.2, 0) is 0 Å². The van der Waals surface area contributed by atoms with Crippen LogP contribution in [0.2, 0.25) is 0 Å². The maximum absolute atomic E-state index is 5.96. The summed E-state index contributed by atoms with van der Waals surface area (Å²) in [5.41, 5.74) is 6.97. The second-order valence-electron chi connectivity index (χ2n) is 4.61. The Morgan fingerprint density at radius 1 is 1.29 bits per heavy atom. The van der Waals surface area contributed by atoms with Crippen molar-refractivity contribution in [2.45, 2.75) is 19.4 Å². The van der Waals surface area contributed by atoms with Crippen LogP contribution in [0.25, 0.3) is 10.9 Å². The molecule has 1 aliphatic heterocycles. The summed E-state index contributed by atoms with van der Waals surface area (Å²) in [6.45, 7) is 3.81. The first-order valence-corrected chi connectivity index (χ1v) is 5.98. The summed E-state index contributed by atoms with van der Waals surface area (Å²) >= 11 is 0. The highest BCUT2D eigenvalue weighted by Gasteiger charge is 2.22. The van der Waals surface area contributed by atoms with Crippen LogP contribution in [0.3, 0.4) is 0 Å². The third kappa shape index (κ3) is 1.85. The zero-order valence-corrected chi connectivity index (χ0v) is 9.93. The molecular weight excluding hydrogens is 212 g/mol. The summed E-state index contributed by atoms with van der Waals surface area (Å²) in [5, 5.41) is 1.12. The first-order valence-electron chi connectivity index (χ1n) is 5.98. The van der Waals surface area contributed by atoms with Crippen LogP contribution in [0, 0.1) is 6.92 Å². The van der Waals surface area contributed by atoms with Crippen molar-refractivity contribution in [1.29, 1.82) is 0 Å². The third-order valence-corrected chi connectivity index (χ3v) is 3.22. The molecule has 1 fully saturated rings. The average Bonchev–Trinajstić information content (AvgIpc) is 2.74. The molecule has 3 rings (SSSR count). The molecule has 0 unspecified atom stereocenters. The minimum Gasteiger partial charge on any atom is -0.354 e. The number of aromatic nitrogens is 2. The van der Waals surface area contributed by atoms with E-state index in [1.807, 2.05) is 25.1 Å². The van der Waals surface area contributed by atoms with Crippen LogP contribution in [0.1, 0.15) is 12.2 Å². The molecule has 1 saturated heterocycles. The normalized spacial score (nSPS) is 20.1. The van der Waals surface area contributed by atoms with E-state index >= 15 is 0 Å². The van der Waals surface area contributed by atoms with Crippen LogP contribution in [0.15, 0.2) is 24.3 Å². The van der Waals surface area contributed by atoms with E-state index in [0.717, 1.165) is 42.1 Å². The lowest BCUT2D eigenvalue weighted by Gasteiger charge is -2.19. The second kappa shape index (κ2) is 3.96. The molecule has 0 saturated carbocycles. The zero-order chi connectivity index (χ0) is 11.8. The van der Waals surface area contributed by atoms with E-state index in [1.165, 1.54) is 0 Å². The summed E-state index contributed by atoms with van der Waals surface area (Å²) in [5.74, 6) is 1.85. The fourth-order valence-corrected chi connectivity index (χ4v) is 2.39. The number of rotatable bonds is 1. The van der Waals surface area contributed by atoms with Gasteiger partial charge in [-0.3, -0.25) is 0 Å². The highest BCUT2D eigenvalue weighted by atomic mass is 15.2. The van der Waals surface area contributed by atoms with E-state index < -0.39 is 0 Å². The van der Waals surface area contributed by atoms with Gasteiger partial charge in [-0.1, -0.05) is 12.1 Å². The van der Waals surface area contributed by atoms with E-state index in [9.17, 15) is 0 Å². The van der Waals surface area contributed by atoms with E-state index in [4.69, 9.17) is 5.73 Å². The smallest absolute Gasteiger partial charge is 0.140 e. The Morgan fingerprint density at radius 3 is 2.88 bits per heavy atom. The van der Waals surface area contributed by atoms with Gasteiger partial charge in [-0.25, -0.2) is 9.97 Å². The molecule has 1 atom stereocenters. The van der Waals surface area contributed by atoms with Gasteiger partial charge in [0.25, 0.3) is 0 Å². The second-order valence-corrected chi connectivity index (χ2v) is 4.61. The van der Waals surface area contributed by atoms with E-state index in [1.54, 1.807) is 0 Å². The minimum atomic E-state index is 0.268. The molecule has 88 valence electrons. The Labute approximate surface area is 100 Å². The van der Waals surface area contributed by atoms with Crippen molar-refractivity contribution in [2.75, 3.05) is 18.0 Å². The number of fused-ring (bicyclic) bond motifs is 1. The topological polar surface area (TPSA) is 55.0 Å². The predicted octanol–water partition coefficient (Wildman–Crippen LogP) is 1.48. The van der Waals surface area contributed by atoms with Gasteiger partial charge in [0, 0.05) is 24.5 Å². The molecule has 2 aromatic rings. The standard InChI is InChI=1S/C13H16N4/c1-9-15-12-5-3-2-4-11(12)13(16-9)17-7-6-10(14)8-17/h2-5,10H,6-8,14H2,1H3/t10-/m0/s1. The molecule has 4 heteroatoms. The lowest BCUT2D eigenvalue weighted by atomic mass is 10.2. The molecule has 0 spiro atoms. The third-order valence-electron chi connectivity index (χ3n) is 3.22. The Hall–Kier alpha value is -1.68. The van der Waals surface area contributed by atoms with Gasteiger partial charge in [0.05, 0.1) is 5.52 Å². The number of anilines is 1. The average molecular weight is 228 g/mol. The van der Waals surface area contributed by atoms with Crippen molar-refractivity contribution in [3.63, 3.8) is 0 Å². The van der Waals surface area contributed by atoms with Gasteiger partial charge in [-0.2, -0.15) is 0 Å². The molecule has 0 bridgehead atoms. The summed E-state index contributed by atoms with van der Waals surface area (Å²) < 4.78 is 0. The molecule has 2 N–H and O–H groups in total. The lowest BCUT2D eigenvalue weighted by Crippen LogP contribution is -2.27. The molecule has 17 heavy (non-hydrogen) atoms. The molecule has 0 amide bonds. The van der Waals surface area contributed by atoms with Crippen molar-refractivity contribution in [3.05, 3.63) is 30.1 Å². The highest BCUT2D eigenvalue weighted by molar-refractivity contribution is 5.89. The summed E-state index contributed by atoms with van der Waals surface area (Å²) in [4.78, 5) is 11.3. The summed E-state index contributed by atoms with van der Waals surface area (Å²) in [6.07, 6.45) is 1.04. The van der Waals surface area contributed by atoms with Crippen LogP contribution in [-0.4, -0.2) is 29.1 Å². The van der Waals surface area contributed by atoms with Gasteiger partial charge >= 0.3 is 0 Å². The van der Waals surface area contributed by atoms with Crippen LogP contribution < -0.4 is 10.6 Å². The van der Waals surface area contributed by atoms with Crippen LogP contribution in [0.5, 0.6) is 0 Å². The van der Waals surface area contributed by atoms with E-state index in [-0.39, 0.29) is 6.04 Å². The first kappa shape index (κ1) is 10.5. The monoisotopic (exact) mass is 228 g/mol. The molecule has 1 aromatic heterocycles. The number of nitrogens with zero attached hydrogens (tertiary/aromatic N) is 3. The van der Waals surface area contributed by atoms with Gasteiger partial charge in [0.1, 0.15) is 11.6 Å². The molecular formula is C13H16N4. The Kier molecular flexibility index (Phi) is 2.44. The molecule has 4 nitrogen and oxygen atoms in total. The minimum absolute atomic E-state index is 0.268. The van der Waals surface area contributed by atoms with Gasteiger partial charge in [-0.15, -0.1) is 0 Å². The van der Waals surface area contributed by atoms with Gasteiger partial charge < -0.3 is 10.6 Å². The fraction of sp³-hybridized carbons (Fsp3) is 0.385. The van der Waals surface area contributed by atoms with Gasteiger partial charge in [0.15, 0.2) is 0 Å². The van der Waals surface area contributed by atoms with Crippen LogP contribution in [0.4, 0.5) is 5.82 Å². The SMILES string of the molecule is Cc1nc(N2CC[C@H](N)C2)c2ccccc2n1. The first-order chi connectivity index (χ1) is 8.24. The number of aryl methyl sites for hydroxylation is 1. The van der Waals surface area contributed by atoms with Gasteiger partial charge in [-0.05, 0) is 25.5 Å². The molecule has 0 aliphatic carbocycles. The number of hydrogen-bond acceptors (Lipinski definition) is 4. The van der Waals surface area contributed by atoms with Crippen LogP contribution >= 0.6 is 0 Å². The predicted molar refractivity (Wildman–Crippen MR) is 69.1 cm³/mol. The van der Waals surface area contributed by atoms with E-state index in [2.05, 4.69) is 20.9 Å². The summed E-state index contributed by atoms with van der Waals surface area (Å²) in [7, 11) is 0. The number of nitrogens with two attached hydrogens (primary N) is 1. The quantitative estimate of drug-likeness (QED) is 0.803.